The highest BCUT2D eigenvalue weighted by Gasteiger charge is 2.22. The molecule has 0 saturated heterocycles. The van der Waals surface area contributed by atoms with Gasteiger partial charge in [-0.3, -0.25) is 0 Å². The molecule has 3 aromatic rings. The van der Waals surface area contributed by atoms with E-state index in [-0.39, 0.29) is 9.80 Å². The van der Waals surface area contributed by atoms with Crippen molar-refractivity contribution >= 4 is 15.9 Å². The highest BCUT2D eigenvalue weighted by Crippen LogP contribution is 2.34. The summed E-state index contributed by atoms with van der Waals surface area (Å²) in [6.07, 6.45) is 2.00. The van der Waals surface area contributed by atoms with Gasteiger partial charge in [0.05, 0.1) is 18.6 Å². The van der Waals surface area contributed by atoms with Gasteiger partial charge in [-0.25, -0.2) is 8.42 Å². The number of benzene rings is 3. The van der Waals surface area contributed by atoms with Gasteiger partial charge in [0.15, 0.2) is 11.5 Å². The van der Waals surface area contributed by atoms with Crippen molar-refractivity contribution in [2.24, 2.45) is 0 Å². The molecule has 0 atom stereocenters. The van der Waals surface area contributed by atoms with Gasteiger partial charge in [-0.05, 0) is 36.8 Å². The Morgan fingerprint density at radius 1 is 1.00 bits per heavy atom. The zero-order valence-corrected chi connectivity index (χ0v) is 18.2. The molecule has 3 rings (SSSR count). The number of allylic oxidation sites excluding steroid dienone is 1. The third-order valence-corrected chi connectivity index (χ3v) is 6.41. The molecule has 0 N–H and O–H groups in total. The highest BCUT2D eigenvalue weighted by molar-refractivity contribution is 7.95. The number of nitrogens with zero attached hydrogens (tertiary/aromatic N) is 1. The van der Waals surface area contributed by atoms with E-state index in [1.165, 1.54) is 25.3 Å². The highest BCUT2D eigenvalue weighted by atomic mass is 32.2. The molecule has 0 bridgehead atoms. The van der Waals surface area contributed by atoms with E-state index in [9.17, 15) is 13.7 Å². The number of hydrogen-bond donors (Lipinski definition) is 0. The predicted molar refractivity (Wildman–Crippen MR) is 121 cm³/mol. The predicted octanol–water partition coefficient (Wildman–Crippen LogP) is 4.96. The molecule has 0 radical (unpaired) electrons. The smallest absolute Gasteiger partial charge is 0.216 e. The first kappa shape index (κ1) is 22.1. The number of para-hydroxylation sites is 1. The molecule has 0 aliphatic rings. The van der Waals surface area contributed by atoms with Crippen LogP contribution in [0.25, 0.3) is 6.08 Å². The van der Waals surface area contributed by atoms with Gasteiger partial charge in [0, 0.05) is 12.0 Å². The summed E-state index contributed by atoms with van der Waals surface area (Å²) in [5, 5.41) is 9.61. The summed E-state index contributed by atoms with van der Waals surface area (Å²) in [5.74, 6) is 0.861. The van der Waals surface area contributed by atoms with Gasteiger partial charge >= 0.3 is 0 Å². The van der Waals surface area contributed by atoms with Crippen LogP contribution in [0.1, 0.15) is 16.7 Å². The molecule has 0 unspecified atom stereocenters. The Kier molecular flexibility index (Phi) is 7.11. The van der Waals surface area contributed by atoms with Crippen molar-refractivity contribution in [2.45, 2.75) is 18.2 Å². The van der Waals surface area contributed by atoms with Gasteiger partial charge in [0.2, 0.25) is 9.84 Å². The Bertz CT molecular complexity index is 1210. The van der Waals surface area contributed by atoms with Crippen LogP contribution in [0.15, 0.2) is 82.6 Å². The summed E-state index contributed by atoms with van der Waals surface area (Å²) in [7, 11) is -2.45. The third kappa shape index (κ3) is 5.33. The maximum absolute atomic E-state index is 13.0. The van der Waals surface area contributed by atoms with Crippen LogP contribution in [0.3, 0.4) is 0 Å². The Labute approximate surface area is 183 Å². The van der Waals surface area contributed by atoms with Crippen molar-refractivity contribution in [1.29, 1.82) is 5.26 Å². The molecule has 0 fully saturated rings. The number of hydrogen-bond acceptors (Lipinski definition) is 5. The van der Waals surface area contributed by atoms with E-state index in [0.29, 0.717) is 30.1 Å². The average Bonchev–Trinajstić information content (AvgIpc) is 2.79. The van der Waals surface area contributed by atoms with Gasteiger partial charge in [-0.2, -0.15) is 5.26 Å². The maximum Gasteiger partial charge on any atom is 0.216 e. The van der Waals surface area contributed by atoms with Gasteiger partial charge in [0.25, 0.3) is 0 Å². The molecule has 31 heavy (non-hydrogen) atoms. The van der Waals surface area contributed by atoms with Crippen molar-refractivity contribution < 1.29 is 17.9 Å². The normalized spacial score (nSPS) is 11.6. The van der Waals surface area contributed by atoms with Gasteiger partial charge < -0.3 is 9.47 Å². The molecule has 6 heteroatoms. The molecule has 158 valence electrons. The molecule has 0 heterocycles. The largest absolute Gasteiger partial charge is 0.493 e. The molecule has 5 nitrogen and oxygen atoms in total. The second-order valence-corrected chi connectivity index (χ2v) is 8.82. The van der Waals surface area contributed by atoms with E-state index in [2.05, 4.69) is 0 Å². The van der Waals surface area contributed by atoms with Crippen molar-refractivity contribution in [2.75, 3.05) is 13.7 Å². The summed E-state index contributed by atoms with van der Waals surface area (Å²) in [4.78, 5) is -0.294. The first-order valence-electron chi connectivity index (χ1n) is 9.73. The van der Waals surface area contributed by atoms with Crippen LogP contribution in [0.4, 0.5) is 0 Å². The van der Waals surface area contributed by atoms with E-state index < -0.39 is 9.84 Å². The number of nitriles is 1. The monoisotopic (exact) mass is 433 g/mol. The molecule has 3 aromatic carbocycles. The molecular weight excluding hydrogens is 410 g/mol. The van der Waals surface area contributed by atoms with Crippen LogP contribution >= 0.6 is 0 Å². The molecular formula is C25H23NO4S. The van der Waals surface area contributed by atoms with E-state index in [1.807, 2.05) is 43.3 Å². The van der Waals surface area contributed by atoms with Gasteiger partial charge in [-0.15, -0.1) is 0 Å². The number of ether oxygens (including phenoxy) is 2. The number of methoxy groups -OCH3 is 1. The number of aryl methyl sites for hydroxylation is 1. The standard InChI is InChI=1S/C25H23NO4S/c1-19-11-13-22(14-12-19)31(27,28)23(18-26)17-21-9-6-10-24(29-2)25(21)30-16-15-20-7-4-3-5-8-20/h3-14,17H,15-16H2,1-2H3. The quantitative estimate of drug-likeness (QED) is 0.469. The third-order valence-electron chi connectivity index (χ3n) is 4.73. The minimum Gasteiger partial charge on any atom is -0.493 e. The number of sulfone groups is 1. The van der Waals surface area contributed by atoms with Crippen LogP contribution in [0, 0.1) is 18.3 Å². The number of rotatable bonds is 8. The zero-order valence-electron chi connectivity index (χ0n) is 17.4. The lowest BCUT2D eigenvalue weighted by Crippen LogP contribution is -2.06. The fraction of sp³-hybridized carbons (Fsp3) is 0.160. The van der Waals surface area contributed by atoms with Gasteiger partial charge in [0.1, 0.15) is 11.0 Å². The Morgan fingerprint density at radius 3 is 2.35 bits per heavy atom. The zero-order chi connectivity index (χ0) is 22.3. The molecule has 0 amide bonds. The fourth-order valence-corrected chi connectivity index (χ4v) is 4.18. The van der Waals surface area contributed by atoms with Crippen molar-refractivity contribution in [1.82, 2.24) is 0 Å². The lowest BCUT2D eigenvalue weighted by atomic mass is 10.1. The molecule has 0 aliphatic heterocycles. The van der Waals surface area contributed by atoms with Crippen LogP contribution in [0.2, 0.25) is 0 Å². The van der Waals surface area contributed by atoms with Crippen LogP contribution in [-0.4, -0.2) is 22.1 Å². The molecule has 0 saturated carbocycles. The van der Waals surface area contributed by atoms with E-state index in [1.54, 1.807) is 30.3 Å². The molecule has 0 spiro atoms. The van der Waals surface area contributed by atoms with Crippen LogP contribution in [0.5, 0.6) is 11.5 Å². The summed E-state index contributed by atoms with van der Waals surface area (Å²) in [6.45, 7) is 2.24. The van der Waals surface area contributed by atoms with Gasteiger partial charge in [-0.1, -0.05) is 60.2 Å². The summed E-state index contributed by atoms with van der Waals surface area (Å²) < 4.78 is 37.3. The summed E-state index contributed by atoms with van der Waals surface area (Å²) in [5.41, 5.74) is 2.51. The first-order valence-corrected chi connectivity index (χ1v) is 11.2. The summed E-state index contributed by atoms with van der Waals surface area (Å²) >= 11 is 0. The van der Waals surface area contributed by atoms with E-state index in [0.717, 1.165) is 11.1 Å². The Hall–Kier alpha value is -3.56. The van der Waals surface area contributed by atoms with Crippen LogP contribution in [-0.2, 0) is 16.3 Å². The topological polar surface area (TPSA) is 76.4 Å². The lowest BCUT2D eigenvalue weighted by molar-refractivity contribution is 0.297. The molecule has 0 aliphatic carbocycles. The van der Waals surface area contributed by atoms with Crippen molar-refractivity contribution in [3.8, 4) is 17.6 Å². The maximum atomic E-state index is 13.0. The van der Waals surface area contributed by atoms with Crippen molar-refractivity contribution in [3.63, 3.8) is 0 Å². The second-order valence-electron chi connectivity index (χ2n) is 6.90. The Morgan fingerprint density at radius 2 is 1.71 bits per heavy atom. The molecule has 0 aromatic heterocycles. The first-order chi connectivity index (χ1) is 15.0. The van der Waals surface area contributed by atoms with Crippen LogP contribution < -0.4 is 9.47 Å². The van der Waals surface area contributed by atoms with E-state index in [4.69, 9.17) is 9.47 Å². The van der Waals surface area contributed by atoms with E-state index >= 15 is 0 Å². The summed E-state index contributed by atoms with van der Waals surface area (Å²) in [6, 6.07) is 23.3. The Balaban J connectivity index is 1.94. The second kappa shape index (κ2) is 9.96. The SMILES string of the molecule is COc1cccc(C=C(C#N)S(=O)(=O)c2ccc(C)cc2)c1OCCc1ccccc1. The van der Waals surface area contributed by atoms with Crippen molar-refractivity contribution in [3.05, 3.63) is 94.4 Å². The average molecular weight is 434 g/mol. The minimum absolute atomic E-state index is 0.0698. The minimum atomic E-state index is -3.96. The lowest BCUT2D eigenvalue weighted by Gasteiger charge is -2.14. The fourth-order valence-electron chi connectivity index (χ4n) is 3.03.